The molecule has 0 radical (unpaired) electrons. The summed E-state index contributed by atoms with van der Waals surface area (Å²) in [6.07, 6.45) is -1.41. The van der Waals surface area contributed by atoms with Crippen LogP contribution in [0.2, 0.25) is 5.02 Å². The number of amides is 1. The number of halogens is 1. The number of hydrogen-bond donors (Lipinski definition) is 1. The molecule has 9 nitrogen and oxygen atoms in total. The van der Waals surface area contributed by atoms with Crippen molar-refractivity contribution in [3.05, 3.63) is 105 Å². The lowest BCUT2D eigenvalue weighted by atomic mass is 10.1. The molecule has 3 aromatic rings. The van der Waals surface area contributed by atoms with E-state index in [0.29, 0.717) is 5.56 Å². The van der Waals surface area contributed by atoms with E-state index in [-0.39, 0.29) is 27.5 Å². The zero-order valence-electron chi connectivity index (χ0n) is 17.2. The molecule has 0 saturated carbocycles. The van der Waals surface area contributed by atoms with Crippen molar-refractivity contribution in [2.75, 3.05) is 12.4 Å². The Balaban J connectivity index is 1.91. The van der Waals surface area contributed by atoms with Crippen LogP contribution in [0.4, 0.5) is 11.4 Å². The summed E-state index contributed by atoms with van der Waals surface area (Å²) in [5.74, 6) is -2.41. The third-order valence-corrected chi connectivity index (χ3v) is 4.85. The number of rotatable bonds is 7. The number of methoxy groups -OCH3 is 1. The maximum atomic E-state index is 13.1. The number of non-ortho nitro benzene ring substituents is 1. The number of benzene rings is 3. The Morgan fingerprint density at radius 1 is 0.939 bits per heavy atom. The van der Waals surface area contributed by atoms with Crippen LogP contribution in [0.1, 0.15) is 32.4 Å². The molecule has 3 aromatic carbocycles. The quantitative estimate of drug-likeness (QED) is 0.306. The maximum Gasteiger partial charge on any atom is 0.340 e. The fraction of sp³-hybridized carbons (Fsp3) is 0.0870. The van der Waals surface area contributed by atoms with Gasteiger partial charge in [-0.25, -0.2) is 9.59 Å². The number of hydrogen-bond acceptors (Lipinski definition) is 7. The molecular weight excluding hydrogens is 452 g/mol. The minimum Gasteiger partial charge on any atom is -0.465 e. The number of anilines is 1. The predicted octanol–water partition coefficient (Wildman–Crippen LogP) is 4.57. The molecule has 0 heterocycles. The normalized spacial score (nSPS) is 11.2. The first-order chi connectivity index (χ1) is 15.8. The Kier molecular flexibility index (Phi) is 7.37. The van der Waals surface area contributed by atoms with Crippen LogP contribution in [0.15, 0.2) is 72.8 Å². The second-order valence-corrected chi connectivity index (χ2v) is 7.05. The van der Waals surface area contributed by atoms with Crippen LogP contribution < -0.4 is 5.32 Å². The molecule has 3 rings (SSSR count). The number of nitro groups is 1. The fourth-order valence-corrected chi connectivity index (χ4v) is 3.16. The van der Waals surface area contributed by atoms with Crippen LogP contribution in [0, 0.1) is 10.1 Å². The summed E-state index contributed by atoms with van der Waals surface area (Å²) in [6, 6.07) is 17.6. The van der Waals surface area contributed by atoms with Gasteiger partial charge in [-0.2, -0.15) is 0 Å². The van der Waals surface area contributed by atoms with E-state index in [1.165, 1.54) is 37.4 Å². The van der Waals surface area contributed by atoms with Gasteiger partial charge in [0, 0.05) is 17.7 Å². The molecule has 0 spiro atoms. The van der Waals surface area contributed by atoms with Crippen molar-refractivity contribution in [2.24, 2.45) is 0 Å². The number of nitrogens with zero attached hydrogens (tertiary/aromatic N) is 1. The number of carbonyl (C=O) groups is 3. The summed E-state index contributed by atoms with van der Waals surface area (Å²) in [5, 5.41) is 13.4. The highest BCUT2D eigenvalue weighted by Gasteiger charge is 2.28. The minimum atomic E-state index is -1.41. The van der Waals surface area contributed by atoms with Crippen molar-refractivity contribution < 1.29 is 28.8 Å². The number of esters is 2. The standard InChI is InChI=1S/C23H17ClN2O7/c1-32-22(28)16-9-5-6-10-17(16)23(29)33-20(14-7-3-2-4-8-14)21(27)25-19-12-11-15(26(30)31)13-18(19)24/h2-13,20H,1H3,(H,25,27). The summed E-state index contributed by atoms with van der Waals surface area (Å²) in [5.41, 5.74) is 0.113. The zero-order valence-corrected chi connectivity index (χ0v) is 17.9. The molecule has 33 heavy (non-hydrogen) atoms. The van der Waals surface area contributed by atoms with Gasteiger partial charge in [0.05, 0.1) is 33.9 Å². The number of nitrogens with one attached hydrogen (secondary N) is 1. The molecule has 0 aliphatic rings. The van der Waals surface area contributed by atoms with Gasteiger partial charge in [0.1, 0.15) is 0 Å². The Morgan fingerprint density at radius 3 is 2.12 bits per heavy atom. The van der Waals surface area contributed by atoms with E-state index in [1.807, 2.05) is 0 Å². The highest BCUT2D eigenvalue weighted by molar-refractivity contribution is 6.34. The van der Waals surface area contributed by atoms with Crippen LogP contribution in [0.3, 0.4) is 0 Å². The van der Waals surface area contributed by atoms with Crippen molar-refractivity contribution in [1.82, 2.24) is 0 Å². The molecule has 0 aliphatic heterocycles. The van der Waals surface area contributed by atoms with E-state index >= 15 is 0 Å². The highest BCUT2D eigenvalue weighted by atomic mass is 35.5. The Labute approximate surface area is 193 Å². The molecule has 1 amide bonds. The lowest BCUT2D eigenvalue weighted by Gasteiger charge is -2.19. The summed E-state index contributed by atoms with van der Waals surface area (Å²) in [7, 11) is 1.18. The molecule has 10 heteroatoms. The Hall–Kier alpha value is -4.24. The van der Waals surface area contributed by atoms with Gasteiger partial charge in [-0.3, -0.25) is 14.9 Å². The first-order valence-electron chi connectivity index (χ1n) is 9.50. The van der Waals surface area contributed by atoms with Gasteiger partial charge in [-0.15, -0.1) is 0 Å². The topological polar surface area (TPSA) is 125 Å². The monoisotopic (exact) mass is 468 g/mol. The molecule has 0 fully saturated rings. The third kappa shape index (κ3) is 5.52. The zero-order chi connectivity index (χ0) is 24.0. The van der Waals surface area contributed by atoms with Crippen molar-refractivity contribution >= 4 is 40.8 Å². The maximum absolute atomic E-state index is 13.1. The molecular formula is C23H17ClN2O7. The van der Waals surface area contributed by atoms with E-state index in [4.69, 9.17) is 21.1 Å². The molecule has 1 N–H and O–H groups in total. The molecule has 168 valence electrons. The van der Waals surface area contributed by atoms with Crippen molar-refractivity contribution in [1.29, 1.82) is 0 Å². The smallest absolute Gasteiger partial charge is 0.340 e. The largest absolute Gasteiger partial charge is 0.465 e. The summed E-state index contributed by atoms with van der Waals surface area (Å²) in [6.45, 7) is 0. The molecule has 1 atom stereocenters. The molecule has 0 aromatic heterocycles. The van der Waals surface area contributed by atoms with E-state index in [9.17, 15) is 24.5 Å². The highest BCUT2D eigenvalue weighted by Crippen LogP contribution is 2.29. The van der Waals surface area contributed by atoms with Gasteiger partial charge in [0.15, 0.2) is 0 Å². The van der Waals surface area contributed by atoms with Crippen LogP contribution >= 0.6 is 11.6 Å². The van der Waals surface area contributed by atoms with Crippen LogP contribution in [-0.4, -0.2) is 29.9 Å². The predicted molar refractivity (Wildman–Crippen MR) is 119 cm³/mol. The first-order valence-corrected chi connectivity index (χ1v) is 9.87. The average molecular weight is 469 g/mol. The Bertz CT molecular complexity index is 1210. The van der Waals surface area contributed by atoms with Crippen LogP contribution in [-0.2, 0) is 14.3 Å². The lowest BCUT2D eigenvalue weighted by molar-refractivity contribution is -0.384. The minimum absolute atomic E-state index is 0.0179. The van der Waals surface area contributed by atoms with Gasteiger partial charge < -0.3 is 14.8 Å². The van der Waals surface area contributed by atoms with E-state index < -0.39 is 28.9 Å². The Morgan fingerprint density at radius 2 is 1.55 bits per heavy atom. The summed E-state index contributed by atoms with van der Waals surface area (Å²) >= 11 is 6.06. The number of carbonyl (C=O) groups excluding carboxylic acids is 3. The van der Waals surface area contributed by atoms with Gasteiger partial charge in [-0.1, -0.05) is 54.1 Å². The van der Waals surface area contributed by atoms with E-state index in [0.717, 1.165) is 6.07 Å². The van der Waals surface area contributed by atoms with Crippen LogP contribution in [0.5, 0.6) is 0 Å². The van der Waals surface area contributed by atoms with E-state index in [1.54, 1.807) is 36.4 Å². The van der Waals surface area contributed by atoms with Crippen molar-refractivity contribution in [3.8, 4) is 0 Å². The fourth-order valence-electron chi connectivity index (χ4n) is 2.94. The second-order valence-electron chi connectivity index (χ2n) is 6.64. The number of ether oxygens (including phenoxy) is 2. The van der Waals surface area contributed by atoms with Gasteiger partial charge in [-0.05, 0) is 18.2 Å². The molecule has 0 bridgehead atoms. The average Bonchev–Trinajstić information content (AvgIpc) is 2.83. The third-order valence-electron chi connectivity index (χ3n) is 4.54. The van der Waals surface area contributed by atoms with Crippen molar-refractivity contribution in [3.63, 3.8) is 0 Å². The summed E-state index contributed by atoms with van der Waals surface area (Å²) < 4.78 is 10.2. The van der Waals surface area contributed by atoms with Gasteiger partial charge >= 0.3 is 11.9 Å². The van der Waals surface area contributed by atoms with Crippen LogP contribution in [0.25, 0.3) is 0 Å². The molecule has 0 aliphatic carbocycles. The lowest BCUT2D eigenvalue weighted by Crippen LogP contribution is -2.26. The molecule has 1 unspecified atom stereocenters. The number of nitro benzene ring substituents is 1. The summed E-state index contributed by atoms with van der Waals surface area (Å²) in [4.78, 5) is 48.2. The SMILES string of the molecule is COC(=O)c1ccccc1C(=O)OC(C(=O)Nc1ccc([N+](=O)[O-])cc1Cl)c1ccccc1. The molecule has 0 saturated heterocycles. The second kappa shape index (κ2) is 10.4. The van der Waals surface area contributed by atoms with Gasteiger partial charge in [0.25, 0.3) is 11.6 Å². The van der Waals surface area contributed by atoms with Gasteiger partial charge in [0.2, 0.25) is 6.10 Å². The van der Waals surface area contributed by atoms with Crippen molar-refractivity contribution in [2.45, 2.75) is 6.10 Å². The first kappa shape index (κ1) is 23.4. The van der Waals surface area contributed by atoms with E-state index in [2.05, 4.69) is 5.32 Å².